The van der Waals surface area contributed by atoms with Crippen LogP contribution in [0.1, 0.15) is 12.0 Å². The molecule has 0 amide bonds. The Labute approximate surface area is 275 Å². The third kappa shape index (κ3) is 7.22. The van der Waals surface area contributed by atoms with E-state index in [0.29, 0.717) is 40.4 Å². The van der Waals surface area contributed by atoms with Crippen molar-refractivity contribution in [2.45, 2.75) is 6.42 Å². The lowest BCUT2D eigenvalue weighted by molar-refractivity contribution is 0.145. The van der Waals surface area contributed by atoms with Gasteiger partial charge in [0.1, 0.15) is 11.3 Å². The topological polar surface area (TPSA) is 135 Å². The van der Waals surface area contributed by atoms with Crippen LogP contribution < -0.4 is 25.5 Å². The molecule has 2 aromatic heterocycles. The van der Waals surface area contributed by atoms with E-state index in [1.807, 2.05) is 0 Å². The summed E-state index contributed by atoms with van der Waals surface area (Å²) in [6.07, 6.45) is 3.51. The van der Waals surface area contributed by atoms with E-state index >= 15 is 4.39 Å². The van der Waals surface area contributed by atoms with Gasteiger partial charge in [-0.2, -0.15) is 0 Å². The minimum atomic E-state index is -0.840. The van der Waals surface area contributed by atoms with Crippen molar-refractivity contribution in [3.05, 3.63) is 105 Å². The van der Waals surface area contributed by atoms with Crippen LogP contribution in [-0.4, -0.2) is 89.1 Å². The number of ether oxygens (including phenoxy) is 3. The average Bonchev–Trinajstić information content (AvgIpc) is 3.08. The number of methoxy groups -OCH3 is 1. The van der Waals surface area contributed by atoms with E-state index in [-0.39, 0.29) is 17.0 Å². The highest BCUT2D eigenvalue weighted by Crippen LogP contribution is 2.38. The van der Waals surface area contributed by atoms with Crippen molar-refractivity contribution in [3.8, 4) is 34.6 Å². The molecule has 0 saturated carbocycles. The highest BCUT2D eigenvalue weighted by atomic mass is 19.1. The number of H-pyrrole nitrogens is 1. The van der Waals surface area contributed by atoms with Crippen molar-refractivity contribution in [3.63, 3.8) is 0 Å². The summed E-state index contributed by atoms with van der Waals surface area (Å²) in [4.78, 5) is 40.4. The van der Waals surface area contributed by atoms with Gasteiger partial charge in [0.25, 0.3) is 5.56 Å². The normalized spacial score (nSPS) is 14.1. The molecule has 1 fully saturated rings. The molecular weight excluding hydrogens is 619 g/mol. The van der Waals surface area contributed by atoms with E-state index in [9.17, 15) is 14.7 Å². The van der Waals surface area contributed by atoms with E-state index in [1.165, 1.54) is 12.1 Å². The van der Waals surface area contributed by atoms with Crippen LogP contribution in [0.3, 0.4) is 0 Å². The van der Waals surface area contributed by atoms with Crippen LogP contribution in [0.25, 0.3) is 16.6 Å². The van der Waals surface area contributed by atoms with Gasteiger partial charge in [0.15, 0.2) is 23.1 Å². The number of benzene rings is 3. The molecule has 1 aliphatic heterocycles. The van der Waals surface area contributed by atoms with Gasteiger partial charge in [-0.1, -0.05) is 18.2 Å². The van der Waals surface area contributed by atoms with Gasteiger partial charge in [-0.15, -0.1) is 0 Å². The van der Waals surface area contributed by atoms with Crippen molar-refractivity contribution in [2.75, 3.05) is 53.5 Å². The fraction of sp³-hybridized carbons (Fsp3) is 0.257. The number of aliphatic imine (C=N–C) groups is 1. The van der Waals surface area contributed by atoms with Crippen LogP contribution >= 0.6 is 0 Å². The second-order valence-corrected chi connectivity index (χ2v) is 11.3. The molecule has 1 saturated heterocycles. The number of pyridine rings is 1. The highest BCUT2D eigenvalue weighted by molar-refractivity contribution is 5.88. The molecule has 5 aromatic rings. The number of aromatic amines is 1. The first-order chi connectivity index (χ1) is 23.3. The number of aromatic hydroxyl groups is 1. The minimum absolute atomic E-state index is 0.0667. The predicted octanol–water partition coefficient (Wildman–Crippen LogP) is 4.49. The largest absolute Gasteiger partial charge is 0.493 e. The predicted molar refractivity (Wildman–Crippen MR) is 180 cm³/mol. The van der Waals surface area contributed by atoms with Crippen molar-refractivity contribution in [1.29, 1.82) is 0 Å². The number of likely N-dealkylation sites (N-methyl/N-ethyl adjacent to an activating group) is 1. The van der Waals surface area contributed by atoms with Gasteiger partial charge in [0, 0.05) is 62.7 Å². The fourth-order valence-corrected chi connectivity index (χ4v) is 5.41. The first kappa shape index (κ1) is 32.4. The molecule has 1 aliphatic rings. The van der Waals surface area contributed by atoms with Crippen molar-refractivity contribution < 1.29 is 23.7 Å². The standard InChI is InChI=1S/C35H35FN6O6/c1-40-14-16-41(17-15-40)13-6-18-47-32-21-28-25(20-31(32)46-2)29(11-12-37-28)48-30-10-9-23(19-27(30)36)38-22-26-33(43)39-35(45)42(34(26)44)24-7-4-3-5-8-24/h3-5,7-12,19-22,44H,6,13-18H2,1-2H3,(H,39,43,45). The molecule has 0 bridgehead atoms. The van der Waals surface area contributed by atoms with Crippen molar-refractivity contribution in [2.24, 2.45) is 4.99 Å². The summed E-state index contributed by atoms with van der Waals surface area (Å²) in [5.41, 5.74) is -0.837. The summed E-state index contributed by atoms with van der Waals surface area (Å²) in [5.74, 6) is 0.0395. The SMILES string of the molecule is COc1cc2c(Oc3ccc(N=Cc4c(O)n(-c5ccccc5)c(=O)[nH]c4=O)cc3F)ccnc2cc1OCCCN1CCN(C)CC1. The number of nitrogens with zero attached hydrogens (tertiary/aromatic N) is 5. The van der Waals surface area contributed by atoms with Crippen LogP contribution in [0.4, 0.5) is 10.1 Å². The van der Waals surface area contributed by atoms with E-state index in [0.717, 1.165) is 56.0 Å². The van der Waals surface area contributed by atoms with Crippen molar-refractivity contribution >= 4 is 22.8 Å². The second-order valence-electron chi connectivity index (χ2n) is 11.3. The number of piperazine rings is 1. The number of halogens is 1. The van der Waals surface area contributed by atoms with Gasteiger partial charge in [-0.25, -0.2) is 13.8 Å². The second kappa shape index (κ2) is 14.5. The summed E-state index contributed by atoms with van der Waals surface area (Å²) in [5, 5.41) is 11.3. The lowest BCUT2D eigenvalue weighted by atomic mass is 10.1. The number of para-hydroxylation sites is 1. The summed E-state index contributed by atoms with van der Waals surface area (Å²) in [6.45, 7) is 5.73. The fourth-order valence-electron chi connectivity index (χ4n) is 5.41. The Bertz CT molecular complexity index is 2060. The maximum absolute atomic E-state index is 15.3. The lowest BCUT2D eigenvalue weighted by Gasteiger charge is -2.32. The summed E-state index contributed by atoms with van der Waals surface area (Å²) in [7, 11) is 3.69. The number of aromatic nitrogens is 3. The smallest absolute Gasteiger partial charge is 0.335 e. The van der Waals surface area contributed by atoms with Gasteiger partial charge in [0.2, 0.25) is 5.88 Å². The maximum atomic E-state index is 15.3. The third-order valence-corrected chi connectivity index (χ3v) is 8.07. The van der Waals surface area contributed by atoms with Gasteiger partial charge in [0.05, 0.1) is 30.6 Å². The van der Waals surface area contributed by atoms with Gasteiger partial charge in [-0.05, 0) is 49.9 Å². The molecule has 2 N–H and O–H groups in total. The number of rotatable bonds is 11. The molecule has 248 valence electrons. The summed E-state index contributed by atoms with van der Waals surface area (Å²) in [6, 6.07) is 17.5. The molecule has 48 heavy (non-hydrogen) atoms. The molecule has 0 atom stereocenters. The van der Waals surface area contributed by atoms with Crippen LogP contribution in [0, 0.1) is 5.82 Å². The highest BCUT2D eigenvalue weighted by Gasteiger charge is 2.17. The molecule has 0 unspecified atom stereocenters. The van der Waals surface area contributed by atoms with Gasteiger partial charge >= 0.3 is 5.69 Å². The number of fused-ring (bicyclic) bond motifs is 1. The molecule has 0 radical (unpaired) electrons. The Hall–Kier alpha value is -5.53. The number of hydrogen-bond acceptors (Lipinski definition) is 10. The molecule has 0 spiro atoms. The Kier molecular flexibility index (Phi) is 9.78. The first-order valence-corrected chi connectivity index (χ1v) is 15.5. The molecule has 0 aliphatic carbocycles. The van der Waals surface area contributed by atoms with Gasteiger partial charge < -0.3 is 29.1 Å². The Balaban J connectivity index is 1.17. The first-order valence-electron chi connectivity index (χ1n) is 15.5. The summed E-state index contributed by atoms with van der Waals surface area (Å²) >= 11 is 0. The number of hydrogen-bond donors (Lipinski definition) is 2. The quantitative estimate of drug-likeness (QED) is 0.156. The van der Waals surface area contributed by atoms with E-state index in [2.05, 4.69) is 31.8 Å². The monoisotopic (exact) mass is 654 g/mol. The number of nitrogens with one attached hydrogen (secondary N) is 1. The lowest BCUT2D eigenvalue weighted by Crippen LogP contribution is -2.44. The molecule has 6 rings (SSSR count). The zero-order valence-corrected chi connectivity index (χ0v) is 26.6. The zero-order valence-electron chi connectivity index (χ0n) is 26.6. The van der Waals surface area contributed by atoms with Crippen LogP contribution in [0.15, 0.2) is 87.5 Å². The van der Waals surface area contributed by atoms with E-state index in [1.54, 1.807) is 61.8 Å². The maximum Gasteiger partial charge on any atom is 0.335 e. The summed E-state index contributed by atoms with van der Waals surface area (Å²) < 4.78 is 33.8. The van der Waals surface area contributed by atoms with Crippen LogP contribution in [0.5, 0.6) is 28.9 Å². The average molecular weight is 655 g/mol. The Morgan fingerprint density at radius 3 is 2.52 bits per heavy atom. The van der Waals surface area contributed by atoms with E-state index < -0.39 is 22.9 Å². The third-order valence-electron chi connectivity index (χ3n) is 8.07. The van der Waals surface area contributed by atoms with Crippen molar-refractivity contribution in [1.82, 2.24) is 24.3 Å². The molecular formula is C35H35FN6O6. The Morgan fingerprint density at radius 2 is 1.77 bits per heavy atom. The van der Waals surface area contributed by atoms with Gasteiger partial charge in [-0.3, -0.25) is 19.8 Å². The van der Waals surface area contributed by atoms with Crippen LogP contribution in [-0.2, 0) is 0 Å². The van der Waals surface area contributed by atoms with Crippen LogP contribution in [0.2, 0.25) is 0 Å². The molecule has 3 aromatic carbocycles. The molecule has 3 heterocycles. The van der Waals surface area contributed by atoms with E-state index in [4.69, 9.17) is 14.2 Å². The zero-order chi connectivity index (χ0) is 33.6. The molecule has 12 nitrogen and oxygen atoms in total. The Morgan fingerprint density at radius 1 is 0.979 bits per heavy atom. The molecule has 13 heteroatoms. The minimum Gasteiger partial charge on any atom is -0.493 e.